The van der Waals surface area contributed by atoms with Crippen LogP contribution in [0.5, 0.6) is 0 Å². The molecule has 3 rings (SSSR count). The van der Waals surface area contributed by atoms with E-state index in [-0.39, 0.29) is 11.4 Å². The summed E-state index contributed by atoms with van der Waals surface area (Å²) in [5.74, 6) is -0.183. The third-order valence-electron chi connectivity index (χ3n) is 5.46. The number of aliphatic hydroxyl groups is 1. The third-order valence-corrected chi connectivity index (χ3v) is 5.46. The molecule has 2 aliphatic heterocycles. The number of aliphatic hydroxyl groups excluding tert-OH is 1. The van der Waals surface area contributed by atoms with Crippen molar-refractivity contribution in [1.82, 2.24) is 4.90 Å². The fraction of sp³-hybridized carbons (Fsp3) is 0.824. The molecular weight excluding hydrogens is 266 g/mol. The second-order valence-electron chi connectivity index (χ2n) is 6.64. The molecule has 0 aromatic rings. The molecule has 1 spiro atoms. The molecule has 1 atom stereocenters. The zero-order valence-electron chi connectivity index (χ0n) is 13.1. The molecule has 3 aliphatic rings. The maximum absolute atomic E-state index is 12.6. The van der Waals surface area contributed by atoms with E-state index in [9.17, 15) is 9.90 Å². The van der Waals surface area contributed by atoms with Gasteiger partial charge in [0.2, 0.25) is 0 Å². The Morgan fingerprint density at radius 1 is 1.24 bits per heavy atom. The SMILES string of the molecule is CCOC(=O)C1=C2CCCCCN2C(O)C12CCCCC2. The van der Waals surface area contributed by atoms with Crippen molar-refractivity contribution in [3.63, 3.8) is 0 Å². The van der Waals surface area contributed by atoms with Gasteiger partial charge in [-0.3, -0.25) is 0 Å². The number of fused-ring (bicyclic) bond motifs is 1. The van der Waals surface area contributed by atoms with Crippen LogP contribution in [-0.4, -0.2) is 35.4 Å². The molecule has 0 aromatic heterocycles. The van der Waals surface area contributed by atoms with Gasteiger partial charge in [0.05, 0.1) is 12.2 Å². The Hall–Kier alpha value is -1.03. The summed E-state index contributed by atoms with van der Waals surface area (Å²) in [5, 5.41) is 11.0. The Balaban J connectivity index is 2.03. The highest BCUT2D eigenvalue weighted by atomic mass is 16.5. The Labute approximate surface area is 127 Å². The lowest BCUT2D eigenvalue weighted by Gasteiger charge is -2.40. The van der Waals surface area contributed by atoms with Crippen molar-refractivity contribution in [2.24, 2.45) is 5.41 Å². The van der Waals surface area contributed by atoms with Crippen LogP contribution in [0.3, 0.4) is 0 Å². The topological polar surface area (TPSA) is 49.8 Å². The number of carbonyl (C=O) groups excluding carboxylic acids is 1. The van der Waals surface area contributed by atoms with E-state index in [2.05, 4.69) is 4.90 Å². The monoisotopic (exact) mass is 293 g/mol. The summed E-state index contributed by atoms with van der Waals surface area (Å²) in [4.78, 5) is 14.7. The molecule has 0 radical (unpaired) electrons. The average molecular weight is 293 g/mol. The lowest BCUT2D eigenvalue weighted by molar-refractivity contribution is -0.141. The van der Waals surface area contributed by atoms with Gasteiger partial charge in [-0.15, -0.1) is 0 Å². The van der Waals surface area contributed by atoms with Gasteiger partial charge in [0.15, 0.2) is 0 Å². The van der Waals surface area contributed by atoms with Crippen LogP contribution in [0.1, 0.15) is 64.7 Å². The Morgan fingerprint density at radius 2 is 1.95 bits per heavy atom. The van der Waals surface area contributed by atoms with E-state index in [1.807, 2.05) is 6.92 Å². The van der Waals surface area contributed by atoms with Crippen LogP contribution in [0.15, 0.2) is 11.3 Å². The maximum Gasteiger partial charge on any atom is 0.336 e. The molecule has 1 N–H and O–H groups in total. The number of hydrogen-bond acceptors (Lipinski definition) is 4. The number of esters is 1. The van der Waals surface area contributed by atoms with Gasteiger partial charge in [-0.2, -0.15) is 0 Å². The summed E-state index contributed by atoms with van der Waals surface area (Å²) in [6, 6.07) is 0. The zero-order chi connectivity index (χ0) is 14.9. The Morgan fingerprint density at radius 3 is 2.67 bits per heavy atom. The number of hydrogen-bond donors (Lipinski definition) is 1. The number of carbonyl (C=O) groups is 1. The quantitative estimate of drug-likeness (QED) is 0.795. The predicted octanol–water partition coefficient (Wildman–Crippen LogP) is 2.96. The summed E-state index contributed by atoms with van der Waals surface area (Å²) < 4.78 is 5.36. The molecule has 0 aromatic carbocycles. The Bertz CT molecular complexity index is 437. The van der Waals surface area contributed by atoms with Gasteiger partial charge in [0, 0.05) is 17.7 Å². The second kappa shape index (κ2) is 5.99. The second-order valence-corrected chi connectivity index (χ2v) is 6.64. The van der Waals surface area contributed by atoms with Crippen molar-refractivity contribution in [1.29, 1.82) is 0 Å². The smallest absolute Gasteiger partial charge is 0.336 e. The van der Waals surface area contributed by atoms with Gasteiger partial charge in [-0.25, -0.2) is 4.79 Å². The summed E-state index contributed by atoms with van der Waals surface area (Å²) in [6.45, 7) is 3.13. The van der Waals surface area contributed by atoms with Crippen LogP contribution in [0, 0.1) is 5.41 Å². The fourth-order valence-electron chi connectivity index (χ4n) is 4.50. The van der Waals surface area contributed by atoms with E-state index in [1.165, 1.54) is 12.8 Å². The van der Waals surface area contributed by atoms with Crippen molar-refractivity contribution < 1.29 is 14.6 Å². The van der Waals surface area contributed by atoms with Gasteiger partial charge in [0.1, 0.15) is 6.23 Å². The van der Waals surface area contributed by atoms with Crippen molar-refractivity contribution in [3.8, 4) is 0 Å². The third kappa shape index (κ3) is 2.37. The van der Waals surface area contributed by atoms with Gasteiger partial charge < -0.3 is 14.7 Å². The van der Waals surface area contributed by atoms with Gasteiger partial charge in [-0.1, -0.05) is 25.7 Å². The molecule has 2 heterocycles. The molecule has 2 fully saturated rings. The summed E-state index contributed by atoms with van der Waals surface area (Å²) in [6.07, 6.45) is 9.02. The molecular formula is C17H27NO3. The number of nitrogens with zero attached hydrogens (tertiary/aromatic N) is 1. The van der Waals surface area contributed by atoms with Gasteiger partial charge >= 0.3 is 5.97 Å². The molecule has 0 amide bonds. The Kier molecular flexibility index (Phi) is 4.25. The summed E-state index contributed by atoms with van der Waals surface area (Å²) >= 11 is 0. The number of ether oxygens (including phenoxy) is 1. The highest BCUT2D eigenvalue weighted by Crippen LogP contribution is 2.54. The number of allylic oxidation sites excluding steroid dienone is 1. The number of rotatable bonds is 2. The first-order chi connectivity index (χ1) is 10.2. The van der Waals surface area contributed by atoms with E-state index in [1.54, 1.807) is 0 Å². The minimum atomic E-state index is -0.523. The van der Waals surface area contributed by atoms with Crippen LogP contribution in [0.25, 0.3) is 0 Å². The normalized spacial score (nSPS) is 28.5. The first kappa shape index (κ1) is 14.9. The van der Waals surface area contributed by atoms with Crippen LogP contribution < -0.4 is 0 Å². The van der Waals surface area contributed by atoms with Crippen molar-refractivity contribution in [2.45, 2.75) is 70.9 Å². The van der Waals surface area contributed by atoms with Crippen molar-refractivity contribution in [2.75, 3.05) is 13.2 Å². The standard InChI is InChI=1S/C17H27NO3/c1-2-21-15(19)14-13-9-5-3-8-12-18(13)16(20)17(14)10-6-4-7-11-17/h16,20H,2-12H2,1H3. The molecule has 4 nitrogen and oxygen atoms in total. The zero-order valence-corrected chi connectivity index (χ0v) is 13.1. The molecule has 118 valence electrons. The van der Waals surface area contributed by atoms with Crippen LogP contribution in [0.2, 0.25) is 0 Å². The minimum absolute atomic E-state index is 0.183. The predicted molar refractivity (Wildman–Crippen MR) is 80.4 cm³/mol. The average Bonchev–Trinajstić information content (AvgIpc) is 2.66. The van der Waals surface area contributed by atoms with Crippen LogP contribution in [-0.2, 0) is 9.53 Å². The fourth-order valence-corrected chi connectivity index (χ4v) is 4.50. The van der Waals surface area contributed by atoms with E-state index < -0.39 is 6.23 Å². The van der Waals surface area contributed by atoms with Crippen LogP contribution in [0.4, 0.5) is 0 Å². The van der Waals surface area contributed by atoms with E-state index >= 15 is 0 Å². The van der Waals surface area contributed by atoms with Crippen molar-refractivity contribution in [3.05, 3.63) is 11.3 Å². The molecule has 1 saturated heterocycles. The minimum Gasteiger partial charge on any atom is -0.463 e. The summed E-state index contributed by atoms with van der Waals surface area (Å²) in [7, 11) is 0. The molecule has 4 heteroatoms. The van der Waals surface area contributed by atoms with Crippen molar-refractivity contribution >= 4 is 5.97 Å². The molecule has 1 saturated carbocycles. The molecule has 21 heavy (non-hydrogen) atoms. The summed E-state index contributed by atoms with van der Waals surface area (Å²) in [5.41, 5.74) is 1.54. The highest BCUT2D eigenvalue weighted by molar-refractivity contribution is 5.92. The van der Waals surface area contributed by atoms with E-state index in [4.69, 9.17) is 4.74 Å². The maximum atomic E-state index is 12.6. The van der Waals surface area contributed by atoms with E-state index in [0.717, 1.165) is 62.8 Å². The highest BCUT2D eigenvalue weighted by Gasteiger charge is 2.54. The lowest BCUT2D eigenvalue weighted by atomic mass is 9.68. The van der Waals surface area contributed by atoms with E-state index in [0.29, 0.717) is 6.61 Å². The first-order valence-electron chi connectivity index (χ1n) is 8.56. The lowest BCUT2D eigenvalue weighted by Crippen LogP contribution is -2.44. The van der Waals surface area contributed by atoms with Gasteiger partial charge in [0.25, 0.3) is 0 Å². The largest absolute Gasteiger partial charge is 0.463 e. The van der Waals surface area contributed by atoms with Crippen LogP contribution >= 0.6 is 0 Å². The molecule has 0 bridgehead atoms. The molecule has 1 aliphatic carbocycles. The first-order valence-corrected chi connectivity index (χ1v) is 8.56. The molecule has 1 unspecified atom stereocenters. The van der Waals surface area contributed by atoms with Gasteiger partial charge in [-0.05, 0) is 39.0 Å².